The van der Waals surface area contributed by atoms with E-state index in [1.807, 2.05) is 24.3 Å². The summed E-state index contributed by atoms with van der Waals surface area (Å²) in [5.41, 5.74) is 2.97. The number of hydrogen-bond donors (Lipinski definition) is 3. The van der Waals surface area contributed by atoms with Crippen molar-refractivity contribution in [2.24, 2.45) is 0 Å². The van der Waals surface area contributed by atoms with Crippen LogP contribution in [-0.4, -0.2) is 22.9 Å². The average molecular weight is 382 g/mol. The molecule has 0 radical (unpaired) electrons. The zero-order valence-corrected chi connectivity index (χ0v) is 16.4. The molecule has 0 saturated carbocycles. The molecule has 0 spiro atoms. The number of carboxylic acids is 1. The fraction of sp³-hybridized carbons (Fsp3) is 0.318. The zero-order chi connectivity index (χ0) is 20.7. The van der Waals surface area contributed by atoms with Gasteiger partial charge in [0.1, 0.15) is 0 Å². The lowest BCUT2D eigenvalue weighted by molar-refractivity contribution is -0.137. The molecule has 2 aromatic carbocycles. The maximum atomic E-state index is 12.4. The molecule has 0 aliphatic rings. The molecule has 6 heteroatoms. The predicted molar refractivity (Wildman–Crippen MR) is 110 cm³/mol. The monoisotopic (exact) mass is 382 g/mol. The summed E-state index contributed by atoms with van der Waals surface area (Å²) >= 11 is 0. The Morgan fingerprint density at radius 1 is 0.821 bits per heavy atom. The molecule has 3 N–H and O–H groups in total. The molecular formula is C22H26N2O4. The first-order valence-corrected chi connectivity index (χ1v) is 9.19. The molecule has 0 aliphatic heterocycles. The van der Waals surface area contributed by atoms with Gasteiger partial charge in [0.05, 0.1) is 0 Å². The first-order chi connectivity index (χ1) is 13.1. The van der Waals surface area contributed by atoms with Crippen LogP contribution in [0.5, 0.6) is 0 Å². The molecule has 0 bridgehead atoms. The fourth-order valence-corrected chi connectivity index (χ4v) is 2.59. The van der Waals surface area contributed by atoms with Gasteiger partial charge in [-0.15, -0.1) is 0 Å². The van der Waals surface area contributed by atoms with Crippen LogP contribution in [0.15, 0.2) is 48.5 Å². The minimum Gasteiger partial charge on any atom is -0.481 e. The second-order valence-corrected chi connectivity index (χ2v) is 7.65. The third-order valence-electron chi connectivity index (χ3n) is 4.23. The summed E-state index contributed by atoms with van der Waals surface area (Å²) in [6, 6.07) is 14.3. The van der Waals surface area contributed by atoms with Gasteiger partial charge in [-0.1, -0.05) is 32.9 Å². The van der Waals surface area contributed by atoms with Gasteiger partial charge in [-0.25, -0.2) is 0 Å². The van der Waals surface area contributed by atoms with Crippen molar-refractivity contribution < 1.29 is 19.5 Å². The van der Waals surface area contributed by atoms with Crippen LogP contribution in [-0.2, 0) is 15.0 Å². The van der Waals surface area contributed by atoms with Crippen molar-refractivity contribution in [2.75, 3.05) is 10.6 Å². The second kappa shape index (κ2) is 9.17. The van der Waals surface area contributed by atoms with Gasteiger partial charge in [-0.2, -0.15) is 0 Å². The molecule has 2 rings (SSSR count). The Kier molecular flexibility index (Phi) is 6.93. The number of carbonyl (C=O) groups excluding carboxylic acids is 2. The molecule has 0 fully saturated rings. The van der Waals surface area contributed by atoms with Crippen molar-refractivity contribution in [3.63, 3.8) is 0 Å². The first-order valence-electron chi connectivity index (χ1n) is 9.19. The van der Waals surface area contributed by atoms with Gasteiger partial charge in [-0.05, 0) is 53.8 Å². The van der Waals surface area contributed by atoms with Crippen LogP contribution in [0.1, 0.15) is 56.0 Å². The van der Waals surface area contributed by atoms with Gasteiger partial charge in [0, 0.05) is 29.8 Å². The Morgan fingerprint density at radius 2 is 1.36 bits per heavy atom. The van der Waals surface area contributed by atoms with Crippen LogP contribution in [0, 0.1) is 0 Å². The molecular weight excluding hydrogens is 356 g/mol. The molecule has 2 aromatic rings. The van der Waals surface area contributed by atoms with Crippen LogP contribution in [0.25, 0.3) is 0 Å². The number of carbonyl (C=O) groups is 3. The van der Waals surface area contributed by atoms with Gasteiger partial charge in [-0.3, -0.25) is 14.4 Å². The minimum absolute atomic E-state index is 0.0307. The van der Waals surface area contributed by atoms with E-state index in [4.69, 9.17) is 5.11 Å². The van der Waals surface area contributed by atoms with E-state index in [1.54, 1.807) is 24.3 Å². The summed E-state index contributed by atoms with van der Waals surface area (Å²) < 4.78 is 0. The summed E-state index contributed by atoms with van der Waals surface area (Å²) in [5, 5.41) is 14.1. The number of rotatable bonds is 7. The molecule has 6 nitrogen and oxygen atoms in total. The highest BCUT2D eigenvalue weighted by Gasteiger charge is 2.14. The Labute approximate surface area is 165 Å². The van der Waals surface area contributed by atoms with E-state index < -0.39 is 5.97 Å². The van der Waals surface area contributed by atoms with E-state index >= 15 is 0 Å². The number of benzene rings is 2. The van der Waals surface area contributed by atoms with Gasteiger partial charge >= 0.3 is 5.97 Å². The molecule has 2 amide bonds. The molecule has 0 heterocycles. The molecule has 0 aliphatic carbocycles. The number of aliphatic carboxylic acids is 1. The van der Waals surface area contributed by atoms with Crippen molar-refractivity contribution in [1.29, 1.82) is 0 Å². The van der Waals surface area contributed by atoms with Crippen LogP contribution in [0.3, 0.4) is 0 Å². The van der Waals surface area contributed by atoms with E-state index in [9.17, 15) is 14.4 Å². The molecule has 28 heavy (non-hydrogen) atoms. The van der Waals surface area contributed by atoms with E-state index in [2.05, 4.69) is 31.4 Å². The summed E-state index contributed by atoms with van der Waals surface area (Å²) in [6.45, 7) is 6.36. The second-order valence-electron chi connectivity index (χ2n) is 7.65. The Bertz CT molecular complexity index is 834. The average Bonchev–Trinajstić information content (AvgIpc) is 2.62. The van der Waals surface area contributed by atoms with Gasteiger partial charge < -0.3 is 15.7 Å². The SMILES string of the molecule is CC(C)(C)c1ccc(C(=O)Nc2ccc(NC(=O)CCCC(=O)O)cc2)cc1. The predicted octanol–water partition coefficient (Wildman–Crippen LogP) is 4.43. The lowest BCUT2D eigenvalue weighted by atomic mass is 9.87. The minimum atomic E-state index is -0.916. The standard InChI is InChI=1S/C22H26N2O4/c1-22(2,3)16-9-7-15(8-10-16)21(28)24-18-13-11-17(12-14-18)23-19(25)5-4-6-20(26)27/h7-14H,4-6H2,1-3H3,(H,23,25)(H,24,28)(H,26,27). The highest BCUT2D eigenvalue weighted by molar-refractivity contribution is 6.04. The summed E-state index contributed by atoms with van der Waals surface area (Å²) in [6.07, 6.45) is 0.410. The van der Waals surface area contributed by atoms with Crippen LogP contribution < -0.4 is 10.6 Å². The fourth-order valence-electron chi connectivity index (χ4n) is 2.59. The van der Waals surface area contributed by atoms with Crippen LogP contribution >= 0.6 is 0 Å². The Balaban J connectivity index is 1.90. The van der Waals surface area contributed by atoms with Crippen molar-refractivity contribution in [3.05, 3.63) is 59.7 Å². The number of nitrogens with one attached hydrogen (secondary N) is 2. The number of carboxylic acid groups (broad SMARTS) is 1. The van der Waals surface area contributed by atoms with Crippen molar-refractivity contribution in [3.8, 4) is 0 Å². The summed E-state index contributed by atoms with van der Waals surface area (Å²) in [5.74, 6) is -1.36. The largest absolute Gasteiger partial charge is 0.481 e. The highest BCUT2D eigenvalue weighted by atomic mass is 16.4. The molecule has 0 aromatic heterocycles. The van der Waals surface area contributed by atoms with E-state index in [-0.39, 0.29) is 30.1 Å². The van der Waals surface area contributed by atoms with Gasteiger partial charge in [0.25, 0.3) is 5.91 Å². The molecule has 0 unspecified atom stereocenters. The van der Waals surface area contributed by atoms with Crippen LogP contribution in [0.2, 0.25) is 0 Å². The lowest BCUT2D eigenvalue weighted by Crippen LogP contribution is -2.14. The van der Waals surface area contributed by atoms with E-state index in [1.165, 1.54) is 0 Å². The number of anilines is 2. The Morgan fingerprint density at radius 3 is 1.86 bits per heavy atom. The quantitative estimate of drug-likeness (QED) is 0.660. The third kappa shape index (κ3) is 6.54. The van der Waals surface area contributed by atoms with Crippen molar-refractivity contribution >= 4 is 29.2 Å². The first kappa shape index (κ1) is 21.2. The maximum absolute atomic E-state index is 12.4. The highest BCUT2D eigenvalue weighted by Crippen LogP contribution is 2.22. The molecule has 148 valence electrons. The summed E-state index contributed by atoms with van der Waals surface area (Å²) in [7, 11) is 0. The van der Waals surface area contributed by atoms with Gasteiger partial charge in [0.2, 0.25) is 5.91 Å². The molecule has 0 atom stereocenters. The normalized spacial score (nSPS) is 11.0. The third-order valence-corrected chi connectivity index (χ3v) is 4.23. The number of amides is 2. The maximum Gasteiger partial charge on any atom is 0.303 e. The van der Waals surface area contributed by atoms with E-state index in [0.29, 0.717) is 23.4 Å². The number of hydrogen-bond acceptors (Lipinski definition) is 3. The lowest BCUT2D eigenvalue weighted by Gasteiger charge is -2.19. The van der Waals surface area contributed by atoms with Crippen molar-refractivity contribution in [2.45, 2.75) is 45.4 Å². The summed E-state index contributed by atoms with van der Waals surface area (Å²) in [4.78, 5) is 34.6. The Hall–Kier alpha value is -3.15. The zero-order valence-electron chi connectivity index (χ0n) is 16.4. The smallest absolute Gasteiger partial charge is 0.303 e. The van der Waals surface area contributed by atoms with Gasteiger partial charge in [0.15, 0.2) is 0 Å². The van der Waals surface area contributed by atoms with Crippen LogP contribution in [0.4, 0.5) is 11.4 Å². The topological polar surface area (TPSA) is 95.5 Å². The van der Waals surface area contributed by atoms with E-state index in [0.717, 1.165) is 5.56 Å². The molecule has 0 saturated heterocycles. The van der Waals surface area contributed by atoms with Crippen molar-refractivity contribution in [1.82, 2.24) is 0 Å².